The quantitative estimate of drug-likeness (QED) is 0.834. The highest BCUT2D eigenvalue weighted by atomic mass is 15.2. The SMILES string of the molecule is Cc1[nH]c2ccc(C(C)(C)C)cc2c1N1CCNCC1. The maximum Gasteiger partial charge on any atom is 0.0655 e. The van der Waals surface area contributed by atoms with Gasteiger partial charge in [0.1, 0.15) is 0 Å². The van der Waals surface area contributed by atoms with Crippen molar-refractivity contribution in [3.05, 3.63) is 29.5 Å². The number of nitrogens with zero attached hydrogens (tertiary/aromatic N) is 1. The van der Waals surface area contributed by atoms with E-state index < -0.39 is 0 Å². The Balaban J connectivity index is 2.12. The van der Waals surface area contributed by atoms with Crippen LogP contribution in [0.5, 0.6) is 0 Å². The third-order valence-electron chi connectivity index (χ3n) is 4.25. The Labute approximate surface area is 121 Å². The van der Waals surface area contributed by atoms with E-state index in [4.69, 9.17) is 0 Å². The van der Waals surface area contributed by atoms with Crippen molar-refractivity contribution in [1.29, 1.82) is 0 Å². The van der Waals surface area contributed by atoms with Gasteiger partial charge in [-0.1, -0.05) is 26.8 Å². The molecule has 1 aliphatic rings. The van der Waals surface area contributed by atoms with E-state index in [-0.39, 0.29) is 5.41 Å². The molecule has 0 atom stereocenters. The van der Waals surface area contributed by atoms with Crippen LogP contribution >= 0.6 is 0 Å². The lowest BCUT2D eigenvalue weighted by molar-refractivity contribution is 0.588. The average molecular weight is 271 g/mol. The Morgan fingerprint density at radius 3 is 2.45 bits per heavy atom. The number of fused-ring (bicyclic) bond motifs is 1. The van der Waals surface area contributed by atoms with Gasteiger partial charge < -0.3 is 15.2 Å². The normalized spacial score (nSPS) is 16.9. The van der Waals surface area contributed by atoms with Gasteiger partial charge in [0, 0.05) is 42.8 Å². The first-order valence-electron chi connectivity index (χ1n) is 7.55. The molecule has 0 bridgehead atoms. The fourth-order valence-electron chi connectivity index (χ4n) is 3.07. The van der Waals surface area contributed by atoms with Crippen molar-refractivity contribution in [2.45, 2.75) is 33.1 Å². The van der Waals surface area contributed by atoms with E-state index in [1.807, 2.05) is 0 Å². The Bertz CT molecular complexity index is 613. The molecule has 0 unspecified atom stereocenters. The van der Waals surface area contributed by atoms with Gasteiger partial charge in [0.25, 0.3) is 0 Å². The zero-order valence-corrected chi connectivity index (χ0v) is 13.0. The molecule has 0 amide bonds. The highest BCUT2D eigenvalue weighted by Gasteiger charge is 2.20. The summed E-state index contributed by atoms with van der Waals surface area (Å²) in [5.41, 5.74) is 5.53. The number of aryl methyl sites for hydroxylation is 1. The second-order valence-corrected chi connectivity index (χ2v) is 6.85. The monoisotopic (exact) mass is 271 g/mol. The summed E-state index contributed by atoms with van der Waals surface area (Å²) in [6, 6.07) is 6.85. The molecular formula is C17H25N3. The van der Waals surface area contributed by atoms with Crippen molar-refractivity contribution < 1.29 is 0 Å². The number of hydrogen-bond donors (Lipinski definition) is 2. The standard InChI is InChI=1S/C17H25N3/c1-12-16(20-9-7-18-8-10-20)14-11-13(17(2,3)4)5-6-15(14)19-12/h5-6,11,18-19H,7-10H2,1-4H3. The molecule has 1 aliphatic heterocycles. The zero-order valence-electron chi connectivity index (χ0n) is 13.0. The van der Waals surface area contributed by atoms with Crippen LogP contribution in [0.1, 0.15) is 32.0 Å². The summed E-state index contributed by atoms with van der Waals surface area (Å²) in [6.45, 7) is 13.3. The summed E-state index contributed by atoms with van der Waals surface area (Å²) in [4.78, 5) is 6.05. The van der Waals surface area contributed by atoms with Gasteiger partial charge in [-0.15, -0.1) is 0 Å². The summed E-state index contributed by atoms with van der Waals surface area (Å²) in [6.07, 6.45) is 0. The highest BCUT2D eigenvalue weighted by molar-refractivity contribution is 5.95. The second-order valence-electron chi connectivity index (χ2n) is 6.85. The second kappa shape index (κ2) is 4.81. The molecule has 3 heteroatoms. The van der Waals surface area contributed by atoms with Crippen LogP contribution in [-0.2, 0) is 5.41 Å². The van der Waals surface area contributed by atoms with Crippen molar-refractivity contribution in [1.82, 2.24) is 10.3 Å². The number of rotatable bonds is 1. The summed E-state index contributed by atoms with van der Waals surface area (Å²) in [5.74, 6) is 0. The van der Waals surface area contributed by atoms with Crippen LogP contribution in [0.2, 0.25) is 0 Å². The average Bonchev–Trinajstić information content (AvgIpc) is 2.73. The van der Waals surface area contributed by atoms with E-state index >= 15 is 0 Å². The van der Waals surface area contributed by atoms with Crippen LogP contribution in [0.15, 0.2) is 18.2 Å². The first-order chi connectivity index (χ1) is 9.47. The van der Waals surface area contributed by atoms with Crippen LogP contribution in [0.3, 0.4) is 0 Å². The number of nitrogens with one attached hydrogen (secondary N) is 2. The molecule has 108 valence electrons. The topological polar surface area (TPSA) is 31.1 Å². The number of anilines is 1. The van der Waals surface area contributed by atoms with Crippen LogP contribution in [0, 0.1) is 6.92 Å². The lowest BCUT2D eigenvalue weighted by Crippen LogP contribution is -2.43. The largest absolute Gasteiger partial charge is 0.367 e. The van der Waals surface area contributed by atoms with Crippen molar-refractivity contribution in [3.8, 4) is 0 Å². The number of hydrogen-bond acceptors (Lipinski definition) is 2. The summed E-state index contributed by atoms with van der Waals surface area (Å²) in [5, 5.41) is 4.80. The number of aromatic amines is 1. The van der Waals surface area contributed by atoms with Gasteiger partial charge in [0.15, 0.2) is 0 Å². The fourth-order valence-corrected chi connectivity index (χ4v) is 3.07. The van der Waals surface area contributed by atoms with Gasteiger partial charge in [-0.2, -0.15) is 0 Å². The van der Waals surface area contributed by atoms with E-state index in [2.05, 4.69) is 61.1 Å². The van der Waals surface area contributed by atoms with Crippen molar-refractivity contribution in [3.63, 3.8) is 0 Å². The van der Waals surface area contributed by atoms with E-state index in [0.29, 0.717) is 0 Å². The number of H-pyrrole nitrogens is 1. The smallest absolute Gasteiger partial charge is 0.0655 e. The molecule has 0 saturated carbocycles. The van der Waals surface area contributed by atoms with E-state index in [0.717, 1.165) is 26.2 Å². The van der Waals surface area contributed by atoms with Crippen molar-refractivity contribution in [2.24, 2.45) is 0 Å². The third kappa shape index (κ3) is 2.31. The predicted molar refractivity (Wildman–Crippen MR) is 86.8 cm³/mol. The molecular weight excluding hydrogens is 246 g/mol. The van der Waals surface area contributed by atoms with Gasteiger partial charge in [0.05, 0.1) is 5.69 Å². The molecule has 3 rings (SSSR count). The van der Waals surface area contributed by atoms with Crippen LogP contribution in [0.25, 0.3) is 10.9 Å². The Morgan fingerprint density at radius 1 is 1.10 bits per heavy atom. The molecule has 1 fully saturated rings. The molecule has 0 radical (unpaired) electrons. The number of piperazine rings is 1. The van der Waals surface area contributed by atoms with Crippen LogP contribution in [0.4, 0.5) is 5.69 Å². The van der Waals surface area contributed by atoms with Gasteiger partial charge in [-0.3, -0.25) is 0 Å². The molecule has 1 aromatic heterocycles. The predicted octanol–water partition coefficient (Wildman–Crippen LogP) is 3.18. The number of benzene rings is 1. The molecule has 2 heterocycles. The maximum atomic E-state index is 3.54. The molecule has 0 aliphatic carbocycles. The van der Waals surface area contributed by atoms with Crippen LogP contribution < -0.4 is 10.2 Å². The minimum Gasteiger partial charge on any atom is -0.367 e. The van der Waals surface area contributed by atoms with Crippen molar-refractivity contribution in [2.75, 3.05) is 31.1 Å². The molecule has 2 aromatic rings. The summed E-state index contributed by atoms with van der Waals surface area (Å²) in [7, 11) is 0. The molecule has 2 N–H and O–H groups in total. The van der Waals surface area contributed by atoms with E-state index in [1.165, 1.54) is 27.8 Å². The zero-order chi connectivity index (χ0) is 14.3. The van der Waals surface area contributed by atoms with Gasteiger partial charge in [-0.25, -0.2) is 0 Å². The fraction of sp³-hybridized carbons (Fsp3) is 0.529. The first-order valence-corrected chi connectivity index (χ1v) is 7.55. The summed E-state index contributed by atoms with van der Waals surface area (Å²) < 4.78 is 0. The van der Waals surface area contributed by atoms with Crippen molar-refractivity contribution >= 4 is 16.6 Å². The minimum atomic E-state index is 0.195. The maximum absolute atomic E-state index is 3.54. The number of aromatic nitrogens is 1. The van der Waals surface area contributed by atoms with E-state index in [1.54, 1.807) is 0 Å². The summed E-state index contributed by atoms with van der Waals surface area (Å²) >= 11 is 0. The molecule has 3 nitrogen and oxygen atoms in total. The molecule has 0 spiro atoms. The third-order valence-corrected chi connectivity index (χ3v) is 4.25. The highest BCUT2D eigenvalue weighted by Crippen LogP contribution is 2.34. The van der Waals surface area contributed by atoms with Crippen LogP contribution in [-0.4, -0.2) is 31.2 Å². The minimum absolute atomic E-state index is 0.195. The molecule has 1 aromatic carbocycles. The van der Waals surface area contributed by atoms with Gasteiger partial charge in [-0.05, 0) is 30.0 Å². The Morgan fingerprint density at radius 2 is 1.80 bits per heavy atom. The van der Waals surface area contributed by atoms with Gasteiger partial charge >= 0.3 is 0 Å². The first kappa shape index (κ1) is 13.5. The lowest BCUT2D eigenvalue weighted by Gasteiger charge is -2.30. The molecule has 20 heavy (non-hydrogen) atoms. The van der Waals surface area contributed by atoms with E-state index in [9.17, 15) is 0 Å². The Kier molecular flexibility index (Phi) is 3.25. The van der Waals surface area contributed by atoms with Gasteiger partial charge in [0.2, 0.25) is 0 Å². The molecule has 1 saturated heterocycles. The lowest BCUT2D eigenvalue weighted by atomic mass is 9.86. The Hall–Kier alpha value is -1.48.